The number of unbranched alkanes of at least 4 members (excludes halogenated alkanes) is 15. The van der Waals surface area contributed by atoms with Gasteiger partial charge in [0, 0.05) is 12.8 Å². The lowest BCUT2D eigenvalue weighted by molar-refractivity contribution is -0.870. The Labute approximate surface area is 324 Å². The Morgan fingerprint density at radius 1 is 0.604 bits per heavy atom. The van der Waals surface area contributed by atoms with E-state index >= 15 is 0 Å². The SMILES string of the molecule is CC/C=C\C/C=C\C/C=C\C/C=C\CCCCCCCCCCC(=O)OC(COC(=O)CCCCCCCCCC)COP(=O)([O-])OCC[N+](C)(C)C. The lowest BCUT2D eigenvalue weighted by atomic mass is 10.1. The Morgan fingerprint density at radius 3 is 1.60 bits per heavy atom. The number of phosphoric acid groups is 1. The second-order valence-corrected chi connectivity index (χ2v) is 16.4. The van der Waals surface area contributed by atoms with Gasteiger partial charge in [0.15, 0.2) is 6.10 Å². The fraction of sp³-hybridized carbons (Fsp3) is 0.767. The van der Waals surface area contributed by atoms with Gasteiger partial charge in [0.2, 0.25) is 0 Å². The molecule has 0 aromatic carbocycles. The third-order valence-electron chi connectivity index (χ3n) is 8.61. The zero-order valence-electron chi connectivity index (χ0n) is 34.4. The van der Waals surface area contributed by atoms with Gasteiger partial charge < -0.3 is 27.9 Å². The highest BCUT2D eigenvalue weighted by Crippen LogP contribution is 2.38. The molecule has 0 saturated carbocycles. The van der Waals surface area contributed by atoms with E-state index in [0.717, 1.165) is 70.6 Å². The van der Waals surface area contributed by atoms with Crippen molar-refractivity contribution < 1.29 is 42.1 Å². The highest BCUT2D eigenvalue weighted by atomic mass is 31.2. The maximum Gasteiger partial charge on any atom is 0.306 e. The first-order valence-electron chi connectivity index (χ1n) is 20.8. The number of carbonyl (C=O) groups excluding carboxylic acids is 2. The summed E-state index contributed by atoms with van der Waals surface area (Å²) in [5, 5.41) is 0. The van der Waals surface area contributed by atoms with Crippen LogP contribution in [0.25, 0.3) is 0 Å². The number of hydrogen-bond donors (Lipinski definition) is 0. The highest BCUT2D eigenvalue weighted by molar-refractivity contribution is 7.45. The summed E-state index contributed by atoms with van der Waals surface area (Å²) in [6.07, 6.45) is 40.1. The Morgan fingerprint density at radius 2 is 1.08 bits per heavy atom. The van der Waals surface area contributed by atoms with E-state index in [4.69, 9.17) is 18.5 Å². The Bertz CT molecular complexity index is 1050. The number of quaternary nitrogens is 1. The average Bonchev–Trinajstić information content (AvgIpc) is 3.10. The van der Waals surface area contributed by atoms with Gasteiger partial charge in [-0.05, 0) is 51.4 Å². The summed E-state index contributed by atoms with van der Waals surface area (Å²) in [7, 11) is 1.15. The number of ether oxygens (including phenoxy) is 2. The molecule has 0 fully saturated rings. The van der Waals surface area contributed by atoms with Crippen LogP contribution in [0.3, 0.4) is 0 Å². The predicted octanol–water partition coefficient (Wildman–Crippen LogP) is 10.9. The molecule has 0 amide bonds. The number of nitrogens with zero attached hydrogens (tertiary/aromatic N) is 1. The second-order valence-electron chi connectivity index (χ2n) is 15.0. The monoisotopic (exact) mass is 768 g/mol. The number of carbonyl (C=O) groups is 2. The first-order valence-corrected chi connectivity index (χ1v) is 22.3. The van der Waals surface area contributed by atoms with Crippen LogP contribution in [-0.4, -0.2) is 70.0 Å². The maximum atomic E-state index is 12.6. The van der Waals surface area contributed by atoms with Gasteiger partial charge in [-0.25, -0.2) is 0 Å². The van der Waals surface area contributed by atoms with E-state index < -0.39 is 32.5 Å². The minimum atomic E-state index is -4.62. The van der Waals surface area contributed by atoms with Crippen molar-refractivity contribution >= 4 is 19.8 Å². The number of phosphoric ester groups is 1. The summed E-state index contributed by atoms with van der Waals surface area (Å²) in [5.74, 6) is -0.850. The summed E-state index contributed by atoms with van der Waals surface area (Å²) < 4.78 is 33.7. The van der Waals surface area contributed by atoms with Gasteiger partial charge in [-0.3, -0.25) is 14.2 Å². The molecule has 9 nitrogen and oxygen atoms in total. The normalized spacial score (nSPS) is 14.2. The van der Waals surface area contributed by atoms with Crippen LogP contribution in [0.2, 0.25) is 0 Å². The first-order chi connectivity index (χ1) is 25.5. The minimum Gasteiger partial charge on any atom is -0.756 e. The van der Waals surface area contributed by atoms with E-state index in [-0.39, 0.29) is 26.1 Å². The number of esters is 2. The molecule has 10 heteroatoms. The summed E-state index contributed by atoms with van der Waals surface area (Å²) in [6, 6.07) is 0. The van der Waals surface area contributed by atoms with Crippen molar-refractivity contribution in [3.8, 4) is 0 Å². The van der Waals surface area contributed by atoms with Crippen LogP contribution < -0.4 is 4.89 Å². The van der Waals surface area contributed by atoms with Crippen LogP contribution >= 0.6 is 7.82 Å². The first kappa shape index (κ1) is 51.0. The van der Waals surface area contributed by atoms with Crippen LogP contribution in [0, 0.1) is 0 Å². The van der Waals surface area contributed by atoms with Crippen LogP contribution in [0.5, 0.6) is 0 Å². The Hall–Kier alpha value is -2.03. The molecular formula is C43H78NO8P. The minimum absolute atomic E-state index is 0.0334. The van der Waals surface area contributed by atoms with Gasteiger partial charge in [-0.2, -0.15) is 0 Å². The van der Waals surface area contributed by atoms with Crippen molar-refractivity contribution in [2.75, 3.05) is 47.5 Å². The summed E-state index contributed by atoms with van der Waals surface area (Å²) in [4.78, 5) is 37.3. The molecule has 0 aromatic heterocycles. The molecule has 0 bridgehead atoms. The van der Waals surface area contributed by atoms with E-state index in [1.165, 1.54) is 57.8 Å². The molecule has 0 N–H and O–H groups in total. The fourth-order valence-electron chi connectivity index (χ4n) is 5.35. The average molecular weight is 768 g/mol. The van der Waals surface area contributed by atoms with Crippen LogP contribution in [0.1, 0.15) is 162 Å². The summed E-state index contributed by atoms with van der Waals surface area (Å²) in [5.41, 5.74) is 0. The second kappa shape index (κ2) is 35.7. The Balaban J connectivity index is 4.30. The molecule has 0 radical (unpaired) electrons. The topological polar surface area (TPSA) is 111 Å². The van der Waals surface area contributed by atoms with Gasteiger partial charge >= 0.3 is 11.9 Å². The van der Waals surface area contributed by atoms with Crippen LogP contribution in [0.15, 0.2) is 48.6 Å². The molecule has 0 aromatic rings. The number of likely N-dealkylation sites (N-methyl/N-ethyl adjacent to an activating group) is 1. The fourth-order valence-corrected chi connectivity index (χ4v) is 6.08. The molecule has 2 atom stereocenters. The van der Waals surface area contributed by atoms with Crippen LogP contribution in [-0.2, 0) is 32.7 Å². The van der Waals surface area contributed by atoms with E-state index in [2.05, 4.69) is 62.5 Å². The molecule has 53 heavy (non-hydrogen) atoms. The van der Waals surface area contributed by atoms with E-state index in [1.807, 2.05) is 21.1 Å². The summed E-state index contributed by atoms with van der Waals surface area (Å²) >= 11 is 0. The standard InChI is InChI=1S/C43H78NO8P/c1-6-8-10-12-14-16-17-18-19-20-21-22-23-24-25-26-27-28-30-32-34-36-43(46)52-41(40-51-53(47,48)50-38-37-44(3,4)5)39-49-42(45)35-33-31-29-15-13-11-9-7-2/h8,10,14,16,18-19,21-22,41H,6-7,9,11-13,15,17,20,23-40H2,1-5H3/b10-8-,16-14-,19-18-,22-21-. The molecule has 0 rings (SSSR count). The van der Waals surface area contributed by atoms with E-state index in [0.29, 0.717) is 17.4 Å². The molecule has 308 valence electrons. The third kappa shape index (κ3) is 39.5. The van der Waals surface area contributed by atoms with Crippen molar-refractivity contribution in [2.45, 2.75) is 168 Å². The van der Waals surface area contributed by atoms with Crippen molar-refractivity contribution in [3.05, 3.63) is 48.6 Å². The lowest BCUT2D eigenvalue weighted by Gasteiger charge is -2.28. The van der Waals surface area contributed by atoms with Crippen molar-refractivity contribution in [3.63, 3.8) is 0 Å². The van der Waals surface area contributed by atoms with Gasteiger partial charge in [-0.1, -0.05) is 146 Å². The predicted molar refractivity (Wildman–Crippen MR) is 217 cm³/mol. The molecule has 0 spiro atoms. The quantitative estimate of drug-likeness (QED) is 0.0202. The highest BCUT2D eigenvalue weighted by Gasteiger charge is 2.21. The molecule has 0 aliphatic carbocycles. The molecule has 0 heterocycles. The van der Waals surface area contributed by atoms with E-state index in [1.54, 1.807) is 0 Å². The molecule has 2 unspecified atom stereocenters. The van der Waals surface area contributed by atoms with E-state index in [9.17, 15) is 19.0 Å². The number of allylic oxidation sites excluding steroid dienone is 8. The van der Waals surface area contributed by atoms with Crippen molar-refractivity contribution in [1.29, 1.82) is 0 Å². The van der Waals surface area contributed by atoms with Gasteiger partial charge in [0.1, 0.15) is 19.8 Å². The van der Waals surface area contributed by atoms with Crippen molar-refractivity contribution in [1.82, 2.24) is 0 Å². The zero-order chi connectivity index (χ0) is 39.3. The molecule has 0 saturated heterocycles. The molecule has 0 aliphatic heterocycles. The third-order valence-corrected chi connectivity index (χ3v) is 9.58. The largest absolute Gasteiger partial charge is 0.756 e. The molecular weight excluding hydrogens is 689 g/mol. The van der Waals surface area contributed by atoms with Crippen LogP contribution in [0.4, 0.5) is 0 Å². The van der Waals surface area contributed by atoms with Gasteiger partial charge in [-0.15, -0.1) is 0 Å². The lowest BCUT2D eigenvalue weighted by Crippen LogP contribution is -2.37. The smallest absolute Gasteiger partial charge is 0.306 e. The van der Waals surface area contributed by atoms with Crippen molar-refractivity contribution in [2.24, 2.45) is 0 Å². The maximum absolute atomic E-state index is 12.6. The van der Waals surface area contributed by atoms with Gasteiger partial charge in [0.25, 0.3) is 7.82 Å². The summed E-state index contributed by atoms with van der Waals surface area (Å²) in [6.45, 7) is 4.06. The van der Waals surface area contributed by atoms with Gasteiger partial charge in [0.05, 0.1) is 27.7 Å². The Kier molecular flexibility index (Phi) is 34.3. The number of hydrogen-bond acceptors (Lipinski definition) is 8. The zero-order valence-corrected chi connectivity index (χ0v) is 35.3. The molecule has 0 aliphatic rings. The number of rotatable bonds is 37.